The molecular formula is C16H21N3O2. The van der Waals surface area contributed by atoms with Gasteiger partial charge in [-0.15, -0.1) is 0 Å². The van der Waals surface area contributed by atoms with Crippen molar-refractivity contribution in [1.82, 2.24) is 9.80 Å². The van der Waals surface area contributed by atoms with E-state index < -0.39 is 6.10 Å². The second-order valence-corrected chi connectivity index (χ2v) is 6.08. The predicted octanol–water partition coefficient (Wildman–Crippen LogP) is 1.17. The van der Waals surface area contributed by atoms with E-state index in [2.05, 4.69) is 10.2 Å². The SMILES string of the molecule is O=C(C1CNc2ccccc2O1)N1CCN(C2CC2)CC1. The van der Waals surface area contributed by atoms with Crippen LogP contribution in [0.1, 0.15) is 12.8 Å². The Morgan fingerprint density at radius 2 is 1.90 bits per heavy atom. The van der Waals surface area contributed by atoms with E-state index in [9.17, 15) is 4.79 Å². The molecule has 2 fully saturated rings. The van der Waals surface area contributed by atoms with Crippen LogP contribution in [-0.2, 0) is 4.79 Å². The molecule has 5 heteroatoms. The second-order valence-electron chi connectivity index (χ2n) is 6.08. The first-order valence-electron chi connectivity index (χ1n) is 7.83. The van der Waals surface area contributed by atoms with E-state index >= 15 is 0 Å². The highest BCUT2D eigenvalue weighted by atomic mass is 16.5. The lowest BCUT2D eigenvalue weighted by atomic mass is 10.2. The van der Waals surface area contributed by atoms with Gasteiger partial charge in [-0.1, -0.05) is 12.1 Å². The summed E-state index contributed by atoms with van der Waals surface area (Å²) >= 11 is 0. The molecule has 2 aliphatic heterocycles. The zero-order chi connectivity index (χ0) is 14.2. The maximum absolute atomic E-state index is 12.6. The fourth-order valence-corrected chi connectivity index (χ4v) is 3.20. The summed E-state index contributed by atoms with van der Waals surface area (Å²) in [5.41, 5.74) is 0.972. The van der Waals surface area contributed by atoms with Crippen LogP contribution < -0.4 is 10.1 Å². The molecule has 1 aromatic carbocycles. The molecule has 1 aromatic rings. The van der Waals surface area contributed by atoms with Gasteiger partial charge in [0, 0.05) is 32.2 Å². The minimum atomic E-state index is -0.396. The fraction of sp³-hybridized carbons (Fsp3) is 0.562. The van der Waals surface area contributed by atoms with Crippen molar-refractivity contribution in [2.45, 2.75) is 25.0 Å². The number of piperazine rings is 1. The maximum atomic E-state index is 12.6. The fourth-order valence-electron chi connectivity index (χ4n) is 3.20. The van der Waals surface area contributed by atoms with Crippen LogP contribution in [-0.4, -0.2) is 60.6 Å². The molecule has 1 N–H and O–H groups in total. The lowest BCUT2D eigenvalue weighted by Crippen LogP contribution is -2.54. The molecule has 0 bridgehead atoms. The van der Waals surface area contributed by atoms with Crippen molar-refractivity contribution in [3.63, 3.8) is 0 Å². The number of benzene rings is 1. The lowest BCUT2D eigenvalue weighted by molar-refractivity contribution is -0.140. The topological polar surface area (TPSA) is 44.8 Å². The maximum Gasteiger partial charge on any atom is 0.265 e. The van der Waals surface area contributed by atoms with Gasteiger partial charge in [-0.3, -0.25) is 9.69 Å². The van der Waals surface area contributed by atoms with Gasteiger partial charge in [0.1, 0.15) is 5.75 Å². The number of rotatable bonds is 2. The van der Waals surface area contributed by atoms with E-state index in [0.717, 1.165) is 43.7 Å². The summed E-state index contributed by atoms with van der Waals surface area (Å²) in [4.78, 5) is 17.1. The minimum Gasteiger partial charge on any atom is -0.477 e. The third-order valence-electron chi connectivity index (χ3n) is 4.60. The number of nitrogens with zero attached hydrogens (tertiary/aromatic N) is 2. The number of anilines is 1. The molecule has 21 heavy (non-hydrogen) atoms. The number of carbonyl (C=O) groups is 1. The first-order chi connectivity index (χ1) is 10.3. The normalized spacial score (nSPS) is 25.7. The van der Waals surface area contributed by atoms with E-state index in [1.165, 1.54) is 12.8 Å². The van der Waals surface area contributed by atoms with Crippen molar-refractivity contribution in [2.24, 2.45) is 0 Å². The van der Waals surface area contributed by atoms with E-state index in [-0.39, 0.29) is 5.91 Å². The van der Waals surface area contributed by atoms with Crippen molar-refractivity contribution in [3.8, 4) is 5.75 Å². The Hall–Kier alpha value is -1.75. The quantitative estimate of drug-likeness (QED) is 0.887. The summed E-state index contributed by atoms with van der Waals surface area (Å²) in [7, 11) is 0. The predicted molar refractivity (Wildman–Crippen MR) is 80.5 cm³/mol. The number of para-hydroxylation sites is 2. The van der Waals surface area contributed by atoms with Crippen LogP contribution in [0.3, 0.4) is 0 Å². The van der Waals surface area contributed by atoms with Crippen LogP contribution in [0.15, 0.2) is 24.3 Å². The number of ether oxygens (including phenoxy) is 1. The number of amides is 1. The van der Waals surface area contributed by atoms with E-state index in [0.29, 0.717) is 6.54 Å². The Labute approximate surface area is 124 Å². The number of hydrogen-bond donors (Lipinski definition) is 1. The monoisotopic (exact) mass is 287 g/mol. The Kier molecular flexibility index (Phi) is 3.22. The number of hydrogen-bond acceptors (Lipinski definition) is 4. The summed E-state index contributed by atoms with van der Waals surface area (Å²) in [6.45, 7) is 4.23. The molecule has 0 radical (unpaired) electrons. The van der Waals surface area contributed by atoms with Gasteiger partial charge in [0.25, 0.3) is 5.91 Å². The molecule has 0 aromatic heterocycles. The Balaban J connectivity index is 1.37. The van der Waals surface area contributed by atoms with Crippen molar-refractivity contribution >= 4 is 11.6 Å². The average Bonchev–Trinajstić information content (AvgIpc) is 3.39. The number of nitrogens with one attached hydrogen (secondary N) is 1. The smallest absolute Gasteiger partial charge is 0.265 e. The van der Waals surface area contributed by atoms with Gasteiger partial charge in [0.05, 0.1) is 12.2 Å². The highest BCUT2D eigenvalue weighted by molar-refractivity contribution is 5.83. The molecule has 4 rings (SSSR count). The van der Waals surface area contributed by atoms with Gasteiger partial charge in [0.2, 0.25) is 0 Å². The standard InChI is InChI=1S/C16H21N3O2/c20-16(19-9-7-18(8-10-19)12-5-6-12)15-11-17-13-3-1-2-4-14(13)21-15/h1-4,12,15,17H,5-11H2. The zero-order valence-electron chi connectivity index (χ0n) is 12.1. The van der Waals surface area contributed by atoms with Gasteiger partial charge in [0.15, 0.2) is 6.10 Å². The van der Waals surface area contributed by atoms with E-state index in [4.69, 9.17) is 4.74 Å². The average molecular weight is 287 g/mol. The van der Waals surface area contributed by atoms with Crippen LogP contribution in [0.25, 0.3) is 0 Å². The third kappa shape index (κ3) is 2.58. The molecule has 2 heterocycles. The van der Waals surface area contributed by atoms with Crippen molar-refractivity contribution in [3.05, 3.63) is 24.3 Å². The van der Waals surface area contributed by atoms with Gasteiger partial charge in [-0.25, -0.2) is 0 Å². The van der Waals surface area contributed by atoms with Crippen molar-refractivity contribution in [1.29, 1.82) is 0 Å². The largest absolute Gasteiger partial charge is 0.477 e. The van der Waals surface area contributed by atoms with E-state index in [1.807, 2.05) is 29.2 Å². The van der Waals surface area contributed by atoms with Crippen LogP contribution >= 0.6 is 0 Å². The molecule has 0 spiro atoms. The van der Waals surface area contributed by atoms with Crippen LogP contribution in [0.5, 0.6) is 5.75 Å². The molecule has 1 amide bonds. The van der Waals surface area contributed by atoms with Crippen LogP contribution in [0.2, 0.25) is 0 Å². The van der Waals surface area contributed by atoms with Crippen molar-refractivity contribution < 1.29 is 9.53 Å². The van der Waals surface area contributed by atoms with Gasteiger partial charge < -0.3 is 15.0 Å². The van der Waals surface area contributed by atoms with Crippen molar-refractivity contribution in [2.75, 3.05) is 38.0 Å². The van der Waals surface area contributed by atoms with Gasteiger partial charge in [-0.05, 0) is 25.0 Å². The molecule has 3 aliphatic rings. The molecule has 1 saturated heterocycles. The Morgan fingerprint density at radius 1 is 1.14 bits per heavy atom. The summed E-state index contributed by atoms with van der Waals surface area (Å²) in [6, 6.07) is 8.58. The lowest BCUT2D eigenvalue weighted by Gasteiger charge is -2.37. The molecule has 1 atom stereocenters. The first-order valence-corrected chi connectivity index (χ1v) is 7.83. The summed E-state index contributed by atoms with van der Waals surface area (Å²) in [6.07, 6.45) is 2.27. The zero-order valence-corrected chi connectivity index (χ0v) is 12.1. The Bertz CT molecular complexity index is 536. The van der Waals surface area contributed by atoms with Crippen LogP contribution in [0.4, 0.5) is 5.69 Å². The number of carbonyl (C=O) groups excluding carboxylic acids is 1. The summed E-state index contributed by atoms with van der Waals surface area (Å²) in [5.74, 6) is 0.895. The Morgan fingerprint density at radius 3 is 2.67 bits per heavy atom. The van der Waals surface area contributed by atoms with Crippen LogP contribution in [0, 0.1) is 0 Å². The molecule has 1 aliphatic carbocycles. The summed E-state index contributed by atoms with van der Waals surface area (Å²) in [5, 5.41) is 3.29. The highest BCUT2D eigenvalue weighted by Gasteiger charge is 2.35. The second kappa shape index (κ2) is 5.22. The molecule has 112 valence electrons. The van der Waals surface area contributed by atoms with Gasteiger partial charge >= 0.3 is 0 Å². The molecule has 1 unspecified atom stereocenters. The molecule has 5 nitrogen and oxygen atoms in total. The molecule has 1 saturated carbocycles. The third-order valence-corrected chi connectivity index (χ3v) is 4.60. The molecular weight excluding hydrogens is 266 g/mol. The minimum absolute atomic E-state index is 0.118. The number of fused-ring (bicyclic) bond motifs is 1. The first kappa shape index (κ1) is 13.0. The van der Waals surface area contributed by atoms with Gasteiger partial charge in [-0.2, -0.15) is 0 Å². The summed E-state index contributed by atoms with van der Waals surface area (Å²) < 4.78 is 5.87. The highest BCUT2D eigenvalue weighted by Crippen LogP contribution is 2.30. The van der Waals surface area contributed by atoms with E-state index in [1.54, 1.807) is 0 Å².